The van der Waals surface area contributed by atoms with Crippen LogP contribution in [0.3, 0.4) is 0 Å². The van der Waals surface area contributed by atoms with Crippen molar-refractivity contribution in [3.8, 4) is 28.4 Å². The van der Waals surface area contributed by atoms with Crippen molar-refractivity contribution in [3.63, 3.8) is 0 Å². The Balaban J connectivity index is 2.41. The molecule has 1 aliphatic carbocycles. The summed E-state index contributed by atoms with van der Waals surface area (Å²) in [4.78, 5) is 11.8. The molecule has 0 bridgehead atoms. The third kappa shape index (κ3) is 3.52. The zero-order chi connectivity index (χ0) is 20.6. The van der Waals surface area contributed by atoms with Gasteiger partial charge in [-0.2, -0.15) is 0 Å². The number of methoxy groups -OCH3 is 3. The number of nitrogens with two attached hydrogens (primary N) is 1. The largest absolute Gasteiger partial charge is 0.492 e. The van der Waals surface area contributed by atoms with E-state index in [1.807, 2.05) is 12.1 Å². The molecular weight excluding hydrogens is 539 g/mol. The molecule has 1 amide bonds. The van der Waals surface area contributed by atoms with Gasteiger partial charge in [0.2, 0.25) is 11.7 Å². The average Bonchev–Trinajstić information content (AvgIpc) is 2.79. The summed E-state index contributed by atoms with van der Waals surface area (Å²) in [6, 6.07) is 3.81. The lowest BCUT2D eigenvalue weighted by Gasteiger charge is -2.22. The predicted octanol–water partition coefficient (Wildman–Crippen LogP) is 4.45. The van der Waals surface area contributed by atoms with Crippen LogP contribution in [0.4, 0.5) is 5.69 Å². The van der Waals surface area contributed by atoms with Crippen molar-refractivity contribution in [2.45, 2.75) is 25.8 Å². The topological polar surface area (TPSA) is 82.8 Å². The van der Waals surface area contributed by atoms with E-state index in [9.17, 15) is 4.79 Å². The lowest BCUT2D eigenvalue weighted by molar-refractivity contribution is -0.119. The molecule has 0 saturated heterocycles. The van der Waals surface area contributed by atoms with E-state index < -0.39 is 0 Å². The Kier molecular flexibility index (Phi) is 6.28. The second-order valence-corrected chi connectivity index (χ2v) is 8.48. The lowest BCUT2D eigenvalue weighted by atomic mass is 9.93. The zero-order valence-electron chi connectivity index (χ0n) is 16.1. The Labute approximate surface area is 186 Å². The van der Waals surface area contributed by atoms with E-state index in [0.717, 1.165) is 36.7 Å². The number of carbonyl (C=O) groups is 1. The molecule has 0 aromatic heterocycles. The number of ether oxygens (including phenoxy) is 3. The Bertz CT molecular complexity index is 949. The van der Waals surface area contributed by atoms with Crippen molar-refractivity contribution < 1.29 is 19.0 Å². The molecule has 0 fully saturated rings. The van der Waals surface area contributed by atoms with Crippen LogP contribution in [0.5, 0.6) is 17.2 Å². The van der Waals surface area contributed by atoms with Crippen LogP contribution in [0.25, 0.3) is 11.1 Å². The number of halogens is 2. The summed E-state index contributed by atoms with van der Waals surface area (Å²) in [6.45, 7) is 1.52. The van der Waals surface area contributed by atoms with Crippen LogP contribution in [0.1, 0.15) is 30.5 Å². The highest BCUT2D eigenvalue weighted by Gasteiger charge is 2.32. The molecule has 6 nitrogen and oxygen atoms in total. The first kappa shape index (κ1) is 21.0. The van der Waals surface area contributed by atoms with Crippen molar-refractivity contribution in [1.82, 2.24) is 5.32 Å². The Hall–Kier alpha value is -1.68. The molecule has 3 rings (SSSR count). The molecule has 8 heteroatoms. The Morgan fingerprint density at radius 3 is 2.39 bits per heavy atom. The van der Waals surface area contributed by atoms with Gasteiger partial charge in [-0.15, -0.1) is 0 Å². The van der Waals surface area contributed by atoms with Gasteiger partial charge in [0.15, 0.2) is 11.5 Å². The first-order valence-corrected chi connectivity index (χ1v) is 10.6. The second-order valence-electron chi connectivity index (χ2n) is 6.52. The molecule has 28 heavy (non-hydrogen) atoms. The maximum absolute atomic E-state index is 11.8. The number of nitrogens with one attached hydrogen (secondary N) is 1. The lowest BCUT2D eigenvalue weighted by Crippen LogP contribution is -2.26. The fourth-order valence-electron chi connectivity index (χ4n) is 3.73. The van der Waals surface area contributed by atoms with Gasteiger partial charge in [-0.25, -0.2) is 0 Å². The SMILES string of the molecule is COc1c(Br)c2c(c(OC)c1OC)-c1cc(I)c(N)cc1[C@@H](NC(C)=O)CC2. The summed E-state index contributed by atoms with van der Waals surface area (Å²) < 4.78 is 18.8. The summed E-state index contributed by atoms with van der Waals surface area (Å²) in [5, 5.41) is 3.06. The fraction of sp³-hybridized carbons (Fsp3) is 0.350. The first-order valence-electron chi connectivity index (χ1n) is 8.70. The van der Waals surface area contributed by atoms with E-state index in [1.165, 1.54) is 6.92 Å². The molecular formula is C20H22BrIN2O4. The Morgan fingerprint density at radius 2 is 1.82 bits per heavy atom. The standard InChI is InChI=1S/C20H22BrIN2O4/c1-9(25)24-15-6-5-10-16(12-7-13(22)14(23)8-11(12)15)18(26-2)20(28-4)19(27-3)17(10)21/h7-8,15H,5-6,23H2,1-4H3,(H,24,25)/t15-/m0/s1. The van der Waals surface area contributed by atoms with Gasteiger partial charge < -0.3 is 25.3 Å². The zero-order valence-corrected chi connectivity index (χ0v) is 19.9. The van der Waals surface area contributed by atoms with Crippen molar-refractivity contribution in [2.24, 2.45) is 0 Å². The number of anilines is 1. The van der Waals surface area contributed by atoms with Gasteiger partial charge in [-0.05, 0) is 80.2 Å². The monoisotopic (exact) mass is 560 g/mol. The van der Waals surface area contributed by atoms with Crippen molar-refractivity contribution in [2.75, 3.05) is 27.1 Å². The highest BCUT2D eigenvalue weighted by molar-refractivity contribution is 14.1. The summed E-state index contributed by atoms with van der Waals surface area (Å²) in [5.74, 6) is 1.62. The molecule has 0 heterocycles. The molecule has 2 aromatic rings. The number of nitrogen functional groups attached to an aromatic ring is 1. The summed E-state index contributed by atoms with van der Waals surface area (Å²) >= 11 is 5.92. The molecule has 1 atom stereocenters. The highest BCUT2D eigenvalue weighted by atomic mass is 127. The minimum Gasteiger partial charge on any atom is -0.492 e. The molecule has 0 spiro atoms. The number of carbonyl (C=O) groups excluding carboxylic acids is 1. The van der Waals surface area contributed by atoms with Crippen LogP contribution in [0.15, 0.2) is 16.6 Å². The molecule has 2 aromatic carbocycles. The molecule has 1 aliphatic rings. The summed E-state index contributed by atoms with van der Waals surface area (Å²) in [6.07, 6.45) is 1.43. The number of fused-ring (bicyclic) bond motifs is 3. The number of amides is 1. The van der Waals surface area contributed by atoms with Crippen molar-refractivity contribution >= 4 is 50.1 Å². The maximum Gasteiger partial charge on any atom is 0.217 e. The number of benzene rings is 2. The molecule has 0 saturated carbocycles. The molecule has 0 aliphatic heterocycles. The van der Waals surface area contributed by atoms with Crippen LogP contribution in [0.2, 0.25) is 0 Å². The third-order valence-electron chi connectivity index (χ3n) is 4.89. The normalized spacial score (nSPS) is 15.1. The number of rotatable bonds is 4. The smallest absolute Gasteiger partial charge is 0.217 e. The van der Waals surface area contributed by atoms with Gasteiger partial charge in [0.1, 0.15) is 0 Å². The maximum atomic E-state index is 11.8. The van der Waals surface area contributed by atoms with Gasteiger partial charge in [0, 0.05) is 21.7 Å². The van der Waals surface area contributed by atoms with Crippen LogP contribution in [0, 0.1) is 3.57 Å². The van der Waals surface area contributed by atoms with Gasteiger partial charge in [-0.1, -0.05) is 0 Å². The van der Waals surface area contributed by atoms with E-state index in [2.05, 4.69) is 43.8 Å². The van der Waals surface area contributed by atoms with Crippen molar-refractivity contribution in [3.05, 3.63) is 31.3 Å². The number of hydrogen-bond donors (Lipinski definition) is 2. The predicted molar refractivity (Wildman–Crippen MR) is 121 cm³/mol. The minimum atomic E-state index is -0.159. The van der Waals surface area contributed by atoms with E-state index in [-0.39, 0.29) is 11.9 Å². The van der Waals surface area contributed by atoms with Crippen LogP contribution in [-0.2, 0) is 11.2 Å². The molecule has 150 valence electrons. The van der Waals surface area contributed by atoms with E-state index in [1.54, 1.807) is 21.3 Å². The van der Waals surface area contributed by atoms with Crippen molar-refractivity contribution in [1.29, 1.82) is 0 Å². The van der Waals surface area contributed by atoms with Gasteiger partial charge in [0.25, 0.3) is 0 Å². The van der Waals surface area contributed by atoms with E-state index >= 15 is 0 Å². The molecule has 3 N–H and O–H groups in total. The van der Waals surface area contributed by atoms with Crippen LogP contribution in [-0.4, -0.2) is 27.2 Å². The summed E-state index contributed by atoms with van der Waals surface area (Å²) in [5.41, 5.74) is 10.8. The van der Waals surface area contributed by atoms with E-state index in [4.69, 9.17) is 19.9 Å². The van der Waals surface area contributed by atoms with Gasteiger partial charge >= 0.3 is 0 Å². The van der Waals surface area contributed by atoms with Gasteiger partial charge in [-0.3, -0.25) is 4.79 Å². The summed E-state index contributed by atoms with van der Waals surface area (Å²) in [7, 11) is 4.80. The average molecular weight is 561 g/mol. The van der Waals surface area contributed by atoms with Crippen LogP contribution < -0.4 is 25.3 Å². The second kappa shape index (κ2) is 8.36. The third-order valence-corrected chi connectivity index (χ3v) is 6.67. The minimum absolute atomic E-state index is 0.0831. The Morgan fingerprint density at radius 1 is 1.18 bits per heavy atom. The van der Waals surface area contributed by atoms with E-state index in [0.29, 0.717) is 29.4 Å². The number of hydrogen-bond acceptors (Lipinski definition) is 5. The van der Waals surface area contributed by atoms with Gasteiger partial charge in [0.05, 0.1) is 31.8 Å². The quantitative estimate of drug-likeness (QED) is 0.426. The first-order chi connectivity index (χ1) is 13.3. The molecule has 0 unspecified atom stereocenters. The highest BCUT2D eigenvalue weighted by Crippen LogP contribution is 2.54. The van der Waals surface area contributed by atoms with Crippen LogP contribution >= 0.6 is 38.5 Å². The fourth-order valence-corrected chi connectivity index (χ4v) is 4.94. The molecule has 0 radical (unpaired) electrons.